The average Bonchev–Trinajstić information content (AvgIpc) is 3.91. The van der Waals surface area contributed by atoms with Gasteiger partial charge < -0.3 is 50.9 Å². The number of fused-ring (bicyclic) bond motifs is 1. The fourth-order valence-corrected chi connectivity index (χ4v) is 12.0. The number of ether oxygens (including phenoxy) is 1. The molecule has 1 saturated heterocycles. The number of anilines is 1. The number of phosphoric acid groups is 3. The molecule has 432 valence electrons. The zero-order valence-electron chi connectivity index (χ0n) is 44.0. The van der Waals surface area contributed by atoms with Crippen molar-refractivity contribution in [2.45, 2.75) is 212 Å². The molecule has 2 amide bonds. The topological polar surface area (TPSA) is 364 Å². The van der Waals surface area contributed by atoms with Gasteiger partial charge in [0.1, 0.15) is 36.3 Å². The SMILES string of the molecule is CCCCCCCCCCCCCCCCCCCCCCCCCC(=O)SCCNC(=O)CCNC(=O)[C@H](O)C(C)(C)COP(=O)(O)OP(=O)(O)OC[C@H]1O[C@@H](n2cnc3c(N)ncnc32)[C@H](O)[C@@H]1OP(=O)(O)O. The number of nitrogens with two attached hydrogens (primary N) is 1. The van der Waals surface area contributed by atoms with Gasteiger partial charge in [0, 0.05) is 37.1 Å². The summed E-state index contributed by atoms with van der Waals surface area (Å²) in [7, 11) is -16.4. The summed E-state index contributed by atoms with van der Waals surface area (Å²) in [6.07, 6.45) is 23.8. The van der Waals surface area contributed by atoms with Crippen LogP contribution in [0.5, 0.6) is 0 Å². The van der Waals surface area contributed by atoms with Crippen molar-refractivity contribution in [3.05, 3.63) is 12.7 Å². The van der Waals surface area contributed by atoms with Gasteiger partial charge in [0.05, 0.1) is 19.5 Å². The Balaban J connectivity index is 1.20. The molecule has 3 heterocycles. The Morgan fingerprint density at radius 1 is 0.760 bits per heavy atom. The van der Waals surface area contributed by atoms with Crippen LogP contribution in [0.3, 0.4) is 0 Å². The molecule has 0 aliphatic carbocycles. The summed E-state index contributed by atoms with van der Waals surface area (Å²) in [5.41, 5.74) is 4.30. The third kappa shape index (κ3) is 27.3. The number of amides is 2. The van der Waals surface area contributed by atoms with E-state index in [1.165, 1.54) is 142 Å². The second-order valence-electron chi connectivity index (χ2n) is 19.8. The first-order valence-electron chi connectivity index (χ1n) is 26.6. The molecule has 1 fully saturated rings. The van der Waals surface area contributed by atoms with E-state index in [9.17, 15) is 57.9 Å². The number of rotatable bonds is 43. The maximum Gasteiger partial charge on any atom is 0.481 e. The highest BCUT2D eigenvalue weighted by Gasteiger charge is 2.50. The Labute approximate surface area is 446 Å². The summed E-state index contributed by atoms with van der Waals surface area (Å²) in [5, 5.41) is 26.8. The molecule has 7 atom stereocenters. The highest BCUT2D eigenvalue weighted by atomic mass is 32.2. The first-order chi connectivity index (χ1) is 35.6. The molecule has 10 N–H and O–H groups in total. The first-order valence-corrected chi connectivity index (χ1v) is 32.1. The number of thioether (sulfide) groups is 1. The van der Waals surface area contributed by atoms with Gasteiger partial charge in [-0.25, -0.2) is 28.6 Å². The maximum atomic E-state index is 12.8. The molecular formula is C47H86N7O17P3S. The fourth-order valence-electron chi connectivity index (χ4n) is 8.42. The molecule has 2 unspecified atom stereocenters. The van der Waals surface area contributed by atoms with Crippen LogP contribution in [0, 0.1) is 5.41 Å². The molecule has 0 aromatic carbocycles. The van der Waals surface area contributed by atoms with Gasteiger partial charge >= 0.3 is 23.5 Å². The Kier molecular flexibility index (Phi) is 31.4. The van der Waals surface area contributed by atoms with Crippen LogP contribution in [0.15, 0.2) is 12.7 Å². The molecule has 2 aromatic heterocycles. The van der Waals surface area contributed by atoms with E-state index in [4.69, 9.17) is 19.5 Å². The maximum absolute atomic E-state index is 12.8. The molecule has 3 rings (SSSR count). The second kappa shape index (κ2) is 35.2. The van der Waals surface area contributed by atoms with Crippen molar-refractivity contribution in [1.82, 2.24) is 30.2 Å². The smallest absolute Gasteiger partial charge is 0.386 e. The second-order valence-corrected chi connectivity index (χ2v) is 25.2. The van der Waals surface area contributed by atoms with Crippen molar-refractivity contribution in [3.63, 3.8) is 0 Å². The molecule has 28 heteroatoms. The summed E-state index contributed by atoms with van der Waals surface area (Å²) in [5.74, 6) is -1.01. The lowest BCUT2D eigenvalue weighted by Gasteiger charge is -2.30. The van der Waals surface area contributed by atoms with Crippen LogP contribution in [0.2, 0.25) is 0 Å². The zero-order valence-corrected chi connectivity index (χ0v) is 47.5. The molecule has 1 aliphatic heterocycles. The number of carbonyl (C=O) groups excluding carboxylic acids is 3. The van der Waals surface area contributed by atoms with E-state index in [2.05, 4.69) is 41.3 Å². The molecule has 24 nitrogen and oxygen atoms in total. The third-order valence-electron chi connectivity index (χ3n) is 12.7. The number of phosphoric ester groups is 3. The lowest BCUT2D eigenvalue weighted by molar-refractivity contribution is -0.137. The van der Waals surface area contributed by atoms with E-state index in [1.807, 2.05) is 0 Å². The summed E-state index contributed by atoms with van der Waals surface area (Å²) in [6.45, 7) is 2.86. The summed E-state index contributed by atoms with van der Waals surface area (Å²) >= 11 is 1.16. The van der Waals surface area contributed by atoms with E-state index in [0.717, 1.165) is 48.2 Å². The normalized spacial score (nSPS) is 19.2. The number of aliphatic hydroxyl groups is 2. The molecule has 1 aliphatic rings. The number of nitrogens with one attached hydrogen (secondary N) is 2. The highest BCUT2D eigenvalue weighted by molar-refractivity contribution is 8.13. The Morgan fingerprint density at radius 2 is 1.28 bits per heavy atom. The number of hydrogen-bond acceptors (Lipinski definition) is 18. The van der Waals surface area contributed by atoms with E-state index in [0.29, 0.717) is 12.2 Å². The van der Waals surface area contributed by atoms with Gasteiger partial charge in [-0.15, -0.1) is 0 Å². The third-order valence-corrected chi connectivity index (χ3v) is 16.8. The Bertz CT molecular complexity index is 2140. The molecule has 0 bridgehead atoms. The number of aliphatic hydroxyl groups excluding tert-OH is 2. The standard InChI is InChI=1S/C47H86N7O17P3S/c1-4-5-6-7-8-9-10-11-12-13-14-15-16-17-18-19-20-21-22-23-24-25-26-27-38(56)75-31-30-49-37(55)28-29-50-45(59)42(58)47(2,3)33-68-74(65,66)71-73(63,64)67-32-36-41(70-72(60,61)62)40(57)46(69-36)54-35-53-39-43(48)51-34-52-44(39)54/h34-36,40-42,46,57-58H,4-33H2,1-3H3,(H,49,55)(H,50,59)(H,63,64)(H,65,66)(H2,48,51,52)(H2,60,61,62)/t36-,40-,41-,42+,46-/m1/s1. The number of unbranched alkanes of at least 4 members (excludes halogenated alkanes) is 22. The van der Waals surface area contributed by atoms with Crippen molar-refractivity contribution in [1.29, 1.82) is 0 Å². The van der Waals surface area contributed by atoms with Crippen LogP contribution in [-0.2, 0) is 50.7 Å². The van der Waals surface area contributed by atoms with Crippen LogP contribution in [0.25, 0.3) is 11.2 Å². The molecule has 0 saturated carbocycles. The van der Waals surface area contributed by atoms with Crippen LogP contribution < -0.4 is 16.4 Å². The number of carbonyl (C=O) groups is 3. The van der Waals surface area contributed by atoms with Crippen molar-refractivity contribution in [2.75, 3.05) is 37.8 Å². The molecule has 2 aromatic rings. The number of hydrogen-bond donors (Lipinski definition) is 9. The minimum absolute atomic E-state index is 0.0347. The van der Waals surface area contributed by atoms with E-state index >= 15 is 0 Å². The summed E-state index contributed by atoms with van der Waals surface area (Å²) in [4.78, 5) is 88.7. The number of aromatic nitrogens is 4. The van der Waals surface area contributed by atoms with Crippen LogP contribution >= 0.6 is 35.2 Å². The van der Waals surface area contributed by atoms with Crippen molar-refractivity contribution < 1.29 is 80.5 Å². The number of imidazole rings is 1. The molecule has 75 heavy (non-hydrogen) atoms. The lowest BCUT2D eigenvalue weighted by Crippen LogP contribution is -2.46. The predicted molar refractivity (Wildman–Crippen MR) is 284 cm³/mol. The predicted octanol–water partition coefficient (Wildman–Crippen LogP) is 8.05. The molecule has 0 radical (unpaired) electrons. The minimum Gasteiger partial charge on any atom is -0.386 e. The largest absolute Gasteiger partial charge is 0.481 e. The van der Waals surface area contributed by atoms with Crippen molar-refractivity contribution in [3.8, 4) is 0 Å². The van der Waals surface area contributed by atoms with Gasteiger partial charge in [-0.05, 0) is 6.42 Å². The van der Waals surface area contributed by atoms with Crippen molar-refractivity contribution >= 4 is 69.1 Å². The van der Waals surface area contributed by atoms with Crippen molar-refractivity contribution in [2.24, 2.45) is 5.41 Å². The van der Waals surface area contributed by atoms with Gasteiger partial charge in [0.25, 0.3) is 0 Å². The summed E-state index contributed by atoms with van der Waals surface area (Å²) < 4.78 is 62.6. The van der Waals surface area contributed by atoms with Gasteiger partial charge in [-0.3, -0.25) is 32.5 Å². The van der Waals surface area contributed by atoms with E-state index in [-0.39, 0.29) is 41.6 Å². The lowest BCUT2D eigenvalue weighted by atomic mass is 9.87. The number of nitrogen functional groups attached to an aromatic ring is 1. The van der Waals surface area contributed by atoms with E-state index in [1.54, 1.807) is 0 Å². The number of nitrogens with zero attached hydrogens (tertiary/aromatic N) is 4. The average molecular weight is 1150 g/mol. The quantitative estimate of drug-likeness (QED) is 0.0224. The monoisotopic (exact) mass is 1150 g/mol. The highest BCUT2D eigenvalue weighted by Crippen LogP contribution is 2.61. The van der Waals surface area contributed by atoms with E-state index < -0.39 is 84.6 Å². The summed E-state index contributed by atoms with van der Waals surface area (Å²) in [6, 6.07) is 0. The van der Waals surface area contributed by atoms with Gasteiger partial charge in [-0.2, -0.15) is 4.31 Å². The van der Waals surface area contributed by atoms with Crippen LogP contribution in [0.1, 0.15) is 188 Å². The van der Waals surface area contributed by atoms with Gasteiger partial charge in [0.2, 0.25) is 11.8 Å². The van der Waals surface area contributed by atoms with Crippen LogP contribution in [0.4, 0.5) is 5.82 Å². The fraction of sp³-hybridized carbons (Fsp3) is 0.830. The molecular weight excluding hydrogens is 1060 g/mol. The van der Waals surface area contributed by atoms with Gasteiger partial charge in [-0.1, -0.05) is 174 Å². The zero-order chi connectivity index (χ0) is 55.3. The first kappa shape index (κ1) is 66.8. The molecule has 0 spiro atoms. The Morgan fingerprint density at radius 3 is 1.81 bits per heavy atom. The Hall–Kier alpha value is -2.44. The van der Waals surface area contributed by atoms with Crippen LogP contribution in [-0.4, -0.2) is 123 Å². The minimum atomic E-state index is -5.58. The van der Waals surface area contributed by atoms with Gasteiger partial charge in [0.15, 0.2) is 22.8 Å².